The summed E-state index contributed by atoms with van der Waals surface area (Å²) in [5.41, 5.74) is 0. The summed E-state index contributed by atoms with van der Waals surface area (Å²) < 4.78 is 10.3. The maximum Gasteiger partial charge on any atom is 0.407 e. The van der Waals surface area contributed by atoms with E-state index in [0.717, 1.165) is 38.5 Å². The lowest BCUT2D eigenvalue weighted by molar-refractivity contribution is -0.147. The minimum Gasteiger partial charge on any atom is -0.464 e. The van der Waals surface area contributed by atoms with Crippen LogP contribution < -0.4 is 5.32 Å². The van der Waals surface area contributed by atoms with Gasteiger partial charge in [-0.3, -0.25) is 0 Å². The molecule has 0 aromatic carbocycles. The molecule has 124 valence electrons. The molecule has 1 amide bonds. The normalized spacial score (nSPS) is 13.3. The molecule has 2 atom stereocenters. The van der Waals surface area contributed by atoms with Gasteiger partial charge in [0.15, 0.2) is 0 Å². The molecule has 21 heavy (non-hydrogen) atoms. The van der Waals surface area contributed by atoms with Crippen LogP contribution in [-0.2, 0) is 14.3 Å². The Labute approximate surface area is 128 Å². The number of carbonyl (C=O) groups excluding carboxylic acids is 2. The first-order chi connectivity index (χ1) is 10.1. The third-order valence-corrected chi connectivity index (χ3v) is 3.46. The molecule has 0 heterocycles. The van der Waals surface area contributed by atoms with Crippen LogP contribution in [0.4, 0.5) is 4.79 Å². The van der Waals surface area contributed by atoms with Gasteiger partial charge in [-0.1, -0.05) is 53.4 Å². The van der Waals surface area contributed by atoms with E-state index in [1.807, 2.05) is 20.8 Å². The standard InChI is InChI=1S/C16H31NO4/c1-5-8-10-12-20-15(18)14(13(4)7-3)17-16(19)21-11-9-6-2/h13-14H,5-12H2,1-4H3,(H,17,19). The first-order valence-electron chi connectivity index (χ1n) is 8.16. The highest BCUT2D eigenvalue weighted by atomic mass is 16.6. The topological polar surface area (TPSA) is 64.6 Å². The third-order valence-electron chi connectivity index (χ3n) is 3.46. The molecule has 0 fully saturated rings. The molecular formula is C16H31NO4. The van der Waals surface area contributed by atoms with Crippen molar-refractivity contribution in [3.8, 4) is 0 Å². The molecule has 0 aliphatic heterocycles. The number of rotatable bonds is 11. The molecule has 0 saturated heterocycles. The van der Waals surface area contributed by atoms with Crippen LogP contribution in [0, 0.1) is 5.92 Å². The summed E-state index contributed by atoms with van der Waals surface area (Å²) in [7, 11) is 0. The Morgan fingerprint density at radius 2 is 1.57 bits per heavy atom. The summed E-state index contributed by atoms with van der Waals surface area (Å²) in [6.45, 7) is 8.80. The lowest BCUT2D eigenvalue weighted by Crippen LogP contribution is -2.46. The summed E-state index contributed by atoms with van der Waals surface area (Å²) >= 11 is 0. The zero-order valence-electron chi connectivity index (χ0n) is 13.9. The molecule has 0 rings (SSSR count). The Morgan fingerprint density at radius 3 is 2.14 bits per heavy atom. The van der Waals surface area contributed by atoms with Crippen molar-refractivity contribution in [3.63, 3.8) is 0 Å². The Hall–Kier alpha value is -1.26. The summed E-state index contributed by atoms with van der Waals surface area (Å²) in [5.74, 6) is -0.352. The number of unbranched alkanes of at least 4 members (excludes halogenated alkanes) is 3. The lowest BCUT2D eigenvalue weighted by Gasteiger charge is -2.22. The maximum atomic E-state index is 12.1. The third kappa shape index (κ3) is 9.32. The van der Waals surface area contributed by atoms with E-state index in [1.165, 1.54) is 0 Å². The van der Waals surface area contributed by atoms with Crippen LogP contribution in [0.25, 0.3) is 0 Å². The van der Waals surface area contributed by atoms with Crippen molar-refractivity contribution in [2.24, 2.45) is 5.92 Å². The average Bonchev–Trinajstić information content (AvgIpc) is 2.48. The van der Waals surface area contributed by atoms with Crippen molar-refractivity contribution < 1.29 is 19.1 Å². The molecular weight excluding hydrogens is 270 g/mol. The highest BCUT2D eigenvalue weighted by molar-refractivity contribution is 5.81. The van der Waals surface area contributed by atoms with Crippen molar-refractivity contribution in [2.45, 2.75) is 72.3 Å². The Bertz CT molecular complexity index is 294. The van der Waals surface area contributed by atoms with E-state index in [2.05, 4.69) is 12.2 Å². The van der Waals surface area contributed by atoms with Crippen LogP contribution in [0.1, 0.15) is 66.2 Å². The van der Waals surface area contributed by atoms with Gasteiger partial charge >= 0.3 is 12.1 Å². The molecule has 2 unspecified atom stereocenters. The van der Waals surface area contributed by atoms with Crippen molar-refractivity contribution in [2.75, 3.05) is 13.2 Å². The number of alkyl carbamates (subject to hydrolysis) is 1. The van der Waals surface area contributed by atoms with E-state index < -0.39 is 12.1 Å². The van der Waals surface area contributed by atoms with Gasteiger partial charge < -0.3 is 14.8 Å². The van der Waals surface area contributed by atoms with Gasteiger partial charge in [-0.2, -0.15) is 0 Å². The second-order valence-electron chi connectivity index (χ2n) is 5.37. The van der Waals surface area contributed by atoms with Crippen LogP contribution in [-0.4, -0.2) is 31.3 Å². The molecule has 0 spiro atoms. The van der Waals surface area contributed by atoms with Gasteiger partial charge in [0.1, 0.15) is 6.04 Å². The quantitative estimate of drug-likeness (QED) is 0.467. The van der Waals surface area contributed by atoms with Gasteiger partial charge in [0, 0.05) is 0 Å². The molecule has 0 aromatic rings. The number of esters is 1. The summed E-state index contributed by atoms with van der Waals surface area (Å²) in [6, 6.07) is -0.634. The van der Waals surface area contributed by atoms with Gasteiger partial charge in [-0.25, -0.2) is 9.59 Å². The monoisotopic (exact) mass is 301 g/mol. The number of amides is 1. The Kier molecular flexibility index (Phi) is 11.7. The van der Waals surface area contributed by atoms with E-state index in [1.54, 1.807) is 0 Å². The molecule has 0 aromatic heterocycles. The first kappa shape index (κ1) is 19.7. The number of carbonyl (C=O) groups is 2. The van der Waals surface area contributed by atoms with Gasteiger partial charge in [0.05, 0.1) is 13.2 Å². The highest BCUT2D eigenvalue weighted by Gasteiger charge is 2.27. The molecule has 0 aliphatic rings. The number of ether oxygens (including phenoxy) is 2. The zero-order chi connectivity index (χ0) is 16.1. The zero-order valence-corrected chi connectivity index (χ0v) is 13.9. The minimum atomic E-state index is -0.634. The van der Waals surface area contributed by atoms with Gasteiger partial charge in [0.25, 0.3) is 0 Å². The fraction of sp³-hybridized carbons (Fsp3) is 0.875. The Balaban J connectivity index is 4.30. The van der Waals surface area contributed by atoms with Crippen LogP contribution >= 0.6 is 0 Å². The maximum absolute atomic E-state index is 12.1. The number of hydrogen-bond acceptors (Lipinski definition) is 4. The summed E-state index contributed by atoms with van der Waals surface area (Å²) in [4.78, 5) is 23.8. The largest absolute Gasteiger partial charge is 0.464 e. The van der Waals surface area contributed by atoms with Gasteiger partial charge in [-0.15, -0.1) is 0 Å². The summed E-state index contributed by atoms with van der Waals surface area (Å²) in [6.07, 6.45) is 4.99. The SMILES string of the molecule is CCCCCOC(=O)C(NC(=O)OCCCC)C(C)CC. The van der Waals surface area contributed by atoms with Crippen molar-refractivity contribution in [1.29, 1.82) is 0 Å². The van der Waals surface area contributed by atoms with Gasteiger partial charge in [-0.05, 0) is 18.8 Å². The van der Waals surface area contributed by atoms with Crippen molar-refractivity contribution in [1.82, 2.24) is 5.32 Å². The average molecular weight is 301 g/mol. The van der Waals surface area contributed by atoms with Gasteiger partial charge in [0.2, 0.25) is 0 Å². The molecule has 0 aliphatic carbocycles. The van der Waals surface area contributed by atoms with Crippen LogP contribution in [0.15, 0.2) is 0 Å². The smallest absolute Gasteiger partial charge is 0.407 e. The van der Waals surface area contributed by atoms with Crippen molar-refractivity contribution >= 4 is 12.1 Å². The van der Waals surface area contributed by atoms with Crippen LogP contribution in [0.5, 0.6) is 0 Å². The molecule has 0 saturated carbocycles. The predicted octanol–water partition coefficient (Wildman–Crippen LogP) is 3.66. The molecule has 5 heteroatoms. The van der Waals surface area contributed by atoms with Crippen LogP contribution in [0.3, 0.4) is 0 Å². The summed E-state index contributed by atoms with van der Waals surface area (Å²) in [5, 5.41) is 2.63. The van der Waals surface area contributed by atoms with E-state index in [-0.39, 0.29) is 11.9 Å². The highest BCUT2D eigenvalue weighted by Crippen LogP contribution is 2.10. The minimum absolute atomic E-state index is 0.0161. The number of hydrogen-bond donors (Lipinski definition) is 1. The lowest BCUT2D eigenvalue weighted by atomic mass is 9.99. The van der Waals surface area contributed by atoms with E-state index in [0.29, 0.717) is 13.2 Å². The second-order valence-corrected chi connectivity index (χ2v) is 5.37. The molecule has 0 bridgehead atoms. The molecule has 0 radical (unpaired) electrons. The first-order valence-corrected chi connectivity index (χ1v) is 8.16. The predicted molar refractivity (Wildman–Crippen MR) is 83.1 cm³/mol. The van der Waals surface area contributed by atoms with E-state index in [4.69, 9.17) is 9.47 Å². The number of nitrogens with one attached hydrogen (secondary N) is 1. The molecule has 1 N–H and O–H groups in total. The second kappa shape index (κ2) is 12.5. The Morgan fingerprint density at radius 1 is 0.952 bits per heavy atom. The van der Waals surface area contributed by atoms with Crippen molar-refractivity contribution in [3.05, 3.63) is 0 Å². The fourth-order valence-electron chi connectivity index (χ4n) is 1.76. The molecule has 5 nitrogen and oxygen atoms in total. The van der Waals surface area contributed by atoms with E-state index >= 15 is 0 Å². The van der Waals surface area contributed by atoms with Crippen LogP contribution in [0.2, 0.25) is 0 Å². The van der Waals surface area contributed by atoms with E-state index in [9.17, 15) is 9.59 Å². The fourth-order valence-corrected chi connectivity index (χ4v) is 1.76.